The highest BCUT2D eigenvalue weighted by Crippen LogP contribution is 2.26. The number of aromatic nitrogens is 1. The van der Waals surface area contributed by atoms with E-state index in [-0.39, 0.29) is 12.4 Å². The Balaban J connectivity index is 1.60. The van der Waals surface area contributed by atoms with Crippen LogP contribution in [-0.4, -0.2) is 34.3 Å². The first-order chi connectivity index (χ1) is 12.9. The van der Waals surface area contributed by atoms with Crippen LogP contribution < -0.4 is 4.74 Å². The van der Waals surface area contributed by atoms with E-state index in [1.807, 2.05) is 6.07 Å². The summed E-state index contributed by atoms with van der Waals surface area (Å²) in [5.74, 6) is 1.06. The second-order valence-corrected chi connectivity index (χ2v) is 7.65. The molecule has 0 saturated carbocycles. The van der Waals surface area contributed by atoms with Crippen LogP contribution in [0.15, 0.2) is 53.6 Å². The molecule has 3 rings (SSSR count). The first-order valence-corrected chi connectivity index (χ1v) is 9.84. The molecule has 0 aliphatic rings. The van der Waals surface area contributed by atoms with Crippen molar-refractivity contribution in [3.05, 3.63) is 65.2 Å². The summed E-state index contributed by atoms with van der Waals surface area (Å²) >= 11 is 1.51. The summed E-state index contributed by atoms with van der Waals surface area (Å²) in [5, 5.41) is 12.3. The maximum atomic E-state index is 11.4. The predicted molar refractivity (Wildman–Crippen MR) is 110 cm³/mol. The van der Waals surface area contributed by atoms with Gasteiger partial charge in [-0.3, -0.25) is 4.79 Å². The summed E-state index contributed by atoms with van der Waals surface area (Å²) in [4.78, 5) is 16.2. The molecule has 5 heteroatoms. The zero-order chi connectivity index (χ0) is 19.4. The van der Waals surface area contributed by atoms with Crippen molar-refractivity contribution in [2.24, 2.45) is 0 Å². The van der Waals surface area contributed by atoms with E-state index in [1.54, 1.807) is 24.3 Å². The van der Waals surface area contributed by atoms with E-state index >= 15 is 0 Å². The lowest BCUT2D eigenvalue weighted by atomic mass is 10.1. The maximum absolute atomic E-state index is 11.4. The van der Waals surface area contributed by atoms with E-state index in [0.29, 0.717) is 17.1 Å². The van der Waals surface area contributed by atoms with Crippen LogP contribution in [0, 0.1) is 13.8 Å². The number of aliphatic hydroxyl groups excluding tert-OH is 1. The van der Waals surface area contributed by atoms with Gasteiger partial charge in [-0.15, -0.1) is 11.8 Å². The number of Topliss-reactive ketones (excluding diaryl/α,β-unsaturated/α-hetero) is 1. The largest absolute Gasteiger partial charge is 0.491 e. The SMILES string of the molecule is CC(=O)c1cccc(OC[C@@H](O)CSc2cc(C)c3cccc(C)c3n2)c1. The molecule has 140 valence electrons. The molecule has 0 amide bonds. The van der Waals surface area contributed by atoms with Crippen molar-refractivity contribution in [1.82, 2.24) is 4.98 Å². The molecular formula is C22H23NO3S. The molecule has 0 fully saturated rings. The first-order valence-electron chi connectivity index (χ1n) is 8.85. The molecule has 0 spiro atoms. The van der Waals surface area contributed by atoms with Crippen LogP contribution in [0.3, 0.4) is 0 Å². The molecule has 2 aromatic carbocycles. The number of aliphatic hydroxyl groups is 1. The van der Waals surface area contributed by atoms with E-state index in [0.717, 1.165) is 21.5 Å². The summed E-state index contributed by atoms with van der Waals surface area (Å²) < 4.78 is 5.62. The molecule has 0 radical (unpaired) electrons. The van der Waals surface area contributed by atoms with Gasteiger partial charge in [0, 0.05) is 16.7 Å². The number of ketones is 1. The van der Waals surface area contributed by atoms with Gasteiger partial charge >= 0.3 is 0 Å². The predicted octanol–water partition coefficient (Wildman–Crippen LogP) is 4.59. The number of hydrogen-bond donors (Lipinski definition) is 1. The highest BCUT2D eigenvalue weighted by molar-refractivity contribution is 7.99. The van der Waals surface area contributed by atoms with Crippen LogP contribution >= 0.6 is 11.8 Å². The van der Waals surface area contributed by atoms with E-state index in [1.165, 1.54) is 24.2 Å². The molecular weight excluding hydrogens is 358 g/mol. The van der Waals surface area contributed by atoms with Gasteiger partial charge in [-0.05, 0) is 50.1 Å². The minimum Gasteiger partial charge on any atom is -0.491 e. The molecule has 1 N–H and O–H groups in total. The Kier molecular flexibility index (Phi) is 6.14. The fourth-order valence-electron chi connectivity index (χ4n) is 2.83. The van der Waals surface area contributed by atoms with Crippen LogP contribution in [0.2, 0.25) is 0 Å². The van der Waals surface area contributed by atoms with Gasteiger partial charge in [0.25, 0.3) is 0 Å². The number of benzene rings is 2. The molecule has 0 bridgehead atoms. The van der Waals surface area contributed by atoms with Gasteiger partial charge in [0.05, 0.1) is 16.6 Å². The number of ether oxygens (including phenoxy) is 1. The van der Waals surface area contributed by atoms with E-state index < -0.39 is 6.10 Å². The van der Waals surface area contributed by atoms with Crippen molar-refractivity contribution in [1.29, 1.82) is 0 Å². The number of nitrogens with zero attached hydrogens (tertiary/aromatic N) is 1. The average Bonchev–Trinajstić information content (AvgIpc) is 2.66. The van der Waals surface area contributed by atoms with E-state index in [9.17, 15) is 9.90 Å². The number of carbonyl (C=O) groups is 1. The fourth-order valence-corrected chi connectivity index (χ4v) is 3.71. The molecule has 3 aromatic rings. The lowest BCUT2D eigenvalue weighted by molar-refractivity contribution is 0.101. The molecule has 1 atom stereocenters. The van der Waals surface area contributed by atoms with Crippen molar-refractivity contribution < 1.29 is 14.6 Å². The third-order valence-electron chi connectivity index (χ3n) is 4.33. The number of thioether (sulfide) groups is 1. The molecule has 1 aromatic heterocycles. The zero-order valence-electron chi connectivity index (χ0n) is 15.7. The Hall–Kier alpha value is -2.37. The van der Waals surface area contributed by atoms with Crippen LogP contribution in [0.4, 0.5) is 0 Å². The lowest BCUT2D eigenvalue weighted by Gasteiger charge is -2.13. The minimum absolute atomic E-state index is 0.00963. The second-order valence-electron chi connectivity index (χ2n) is 6.61. The van der Waals surface area contributed by atoms with Crippen molar-refractivity contribution in [3.8, 4) is 5.75 Å². The van der Waals surface area contributed by atoms with Gasteiger partial charge in [-0.25, -0.2) is 4.98 Å². The normalized spacial score (nSPS) is 12.1. The molecule has 0 saturated heterocycles. The smallest absolute Gasteiger partial charge is 0.159 e. The van der Waals surface area contributed by atoms with Crippen molar-refractivity contribution in [3.63, 3.8) is 0 Å². The summed E-state index contributed by atoms with van der Waals surface area (Å²) in [5.41, 5.74) is 3.93. The number of aryl methyl sites for hydroxylation is 2. The van der Waals surface area contributed by atoms with E-state index in [2.05, 4.69) is 32.0 Å². The Morgan fingerprint density at radius 1 is 1.15 bits per heavy atom. The molecule has 4 nitrogen and oxygen atoms in total. The summed E-state index contributed by atoms with van der Waals surface area (Å²) in [6, 6.07) is 15.2. The van der Waals surface area contributed by atoms with Crippen LogP contribution in [0.5, 0.6) is 5.75 Å². The van der Waals surface area contributed by atoms with Gasteiger partial charge in [-0.1, -0.05) is 30.3 Å². The second kappa shape index (κ2) is 8.55. The number of carbonyl (C=O) groups excluding carboxylic acids is 1. The Labute approximate surface area is 163 Å². The Morgan fingerprint density at radius 3 is 2.70 bits per heavy atom. The minimum atomic E-state index is -0.634. The third-order valence-corrected chi connectivity index (χ3v) is 5.39. The van der Waals surface area contributed by atoms with Crippen molar-refractivity contribution in [2.45, 2.75) is 31.9 Å². The summed E-state index contributed by atoms with van der Waals surface area (Å²) in [6.45, 7) is 5.82. The molecule has 0 unspecified atom stereocenters. The molecule has 0 aliphatic carbocycles. The highest BCUT2D eigenvalue weighted by Gasteiger charge is 2.10. The first kappa shape index (κ1) is 19.4. The quantitative estimate of drug-likeness (QED) is 0.479. The standard InChI is InChI=1S/C22H23NO3S/c1-14-6-4-9-20-15(2)10-21(23-22(14)20)27-13-18(25)12-26-19-8-5-7-17(11-19)16(3)24/h4-11,18,25H,12-13H2,1-3H3/t18-/m1/s1. The summed E-state index contributed by atoms with van der Waals surface area (Å²) in [6.07, 6.45) is -0.634. The topological polar surface area (TPSA) is 59.4 Å². The number of para-hydroxylation sites is 1. The Morgan fingerprint density at radius 2 is 1.93 bits per heavy atom. The van der Waals surface area contributed by atoms with Crippen LogP contribution in [-0.2, 0) is 0 Å². The van der Waals surface area contributed by atoms with Crippen LogP contribution in [0.1, 0.15) is 28.4 Å². The van der Waals surface area contributed by atoms with Gasteiger partial charge < -0.3 is 9.84 Å². The van der Waals surface area contributed by atoms with E-state index in [4.69, 9.17) is 9.72 Å². The van der Waals surface area contributed by atoms with Crippen molar-refractivity contribution in [2.75, 3.05) is 12.4 Å². The van der Waals surface area contributed by atoms with Gasteiger partial charge in [0.1, 0.15) is 12.4 Å². The number of hydrogen-bond acceptors (Lipinski definition) is 5. The van der Waals surface area contributed by atoms with Gasteiger partial charge in [-0.2, -0.15) is 0 Å². The number of rotatable bonds is 7. The fraction of sp³-hybridized carbons (Fsp3) is 0.273. The van der Waals surface area contributed by atoms with Crippen LogP contribution in [0.25, 0.3) is 10.9 Å². The number of fused-ring (bicyclic) bond motifs is 1. The molecule has 27 heavy (non-hydrogen) atoms. The maximum Gasteiger partial charge on any atom is 0.159 e. The highest BCUT2D eigenvalue weighted by atomic mass is 32.2. The lowest BCUT2D eigenvalue weighted by Crippen LogP contribution is -2.20. The summed E-state index contributed by atoms with van der Waals surface area (Å²) in [7, 11) is 0. The van der Waals surface area contributed by atoms with Crippen molar-refractivity contribution >= 4 is 28.4 Å². The average molecular weight is 381 g/mol. The monoisotopic (exact) mass is 381 g/mol. The Bertz CT molecular complexity index is 971. The molecule has 1 heterocycles. The third kappa shape index (κ3) is 4.87. The number of pyridine rings is 1. The zero-order valence-corrected chi connectivity index (χ0v) is 16.5. The van der Waals surface area contributed by atoms with Gasteiger partial charge in [0.15, 0.2) is 5.78 Å². The molecule has 0 aliphatic heterocycles. The van der Waals surface area contributed by atoms with Gasteiger partial charge in [0.2, 0.25) is 0 Å².